The number of hydrogen-bond donors (Lipinski definition) is 0. The molecule has 112 valence electrons. The monoisotopic (exact) mass is 300 g/mol. The van der Waals surface area contributed by atoms with E-state index in [-0.39, 0.29) is 18.7 Å². The zero-order chi connectivity index (χ0) is 15.7. The molecule has 2 rings (SSSR count). The summed E-state index contributed by atoms with van der Waals surface area (Å²) in [5.74, 6) is -4.74. The van der Waals surface area contributed by atoms with Crippen molar-refractivity contribution >= 4 is 23.3 Å². The van der Waals surface area contributed by atoms with E-state index in [9.17, 15) is 28.5 Å². The second-order valence-electron chi connectivity index (χ2n) is 4.44. The third kappa shape index (κ3) is 2.67. The zero-order valence-corrected chi connectivity index (χ0v) is 10.8. The minimum Gasteiger partial charge on any atom is -0.469 e. The molecule has 1 aliphatic heterocycles. The van der Waals surface area contributed by atoms with Gasteiger partial charge in [0.25, 0.3) is 5.69 Å². The fourth-order valence-corrected chi connectivity index (χ4v) is 2.15. The van der Waals surface area contributed by atoms with Crippen LogP contribution in [-0.2, 0) is 14.3 Å². The molecule has 1 heterocycles. The van der Waals surface area contributed by atoms with Crippen LogP contribution in [0.15, 0.2) is 12.1 Å². The van der Waals surface area contributed by atoms with Crippen molar-refractivity contribution in [2.75, 3.05) is 18.6 Å². The number of nitrogens with zero attached hydrogens (tertiary/aromatic N) is 2. The lowest BCUT2D eigenvalue weighted by atomic mass is 10.1. The Bertz CT molecular complexity index is 634. The third-order valence-corrected chi connectivity index (χ3v) is 3.16. The number of carbonyl (C=O) groups is 2. The molecule has 9 heteroatoms. The van der Waals surface area contributed by atoms with E-state index in [4.69, 9.17) is 0 Å². The summed E-state index contributed by atoms with van der Waals surface area (Å²) in [5, 5.41) is 10.9. The normalized spacial score (nSPS) is 18.0. The van der Waals surface area contributed by atoms with Crippen molar-refractivity contribution in [2.24, 2.45) is 5.92 Å². The maximum absolute atomic E-state index is 13.3. The van der Waals surface area contributed by atoms with Crippen molar-refractivity contribution in [1.29, 1.82) is 0 Å². The number of amides is 1. The number of benzene rings is 1. The molecule has 0 saturated carbocycles. The van der Waals surface area contributed by atoms with Crippen LogP contribution in [0.4, 0.5) is 20.2 Å². The lowest BCUT2D eigenvalue weighted by Crippen LogP contribution is -2.27. The van der Waals surface area contributed by atoms with E-state index in [0.29, 0.717) is 12.1 Å². The Morgan fingerprint density at radius 2 is 2.05 bits per heavy atom. The molecule has 1 aromatic carbocycles. The van der Waals surface area contributed by atoms with Crippen LogP contribution in [0.1, 0.15) is 6.42 Å². The van der Waals surface area contributed by atoms with Crippen molar-refractivity contribution in [3.63, 3.8) is 0 Å². The van der Waals surface area contributed by atoms with E-state index in [1.807, 2.05) is 0 Å². The molecule has 0 N–H and O–H groups in total. The highest BCUT2D eigenvalue weighted by molar-refractivity contribution is 6.01. The molecule has 0 aliphatic carbocycles. The van der Waals surface area contributed by atoms with Crippen LogP contribution < -0.4 is 4.90 Å². The van der Waals surface area contributed by atoms with E-state index in [0.717, 1.165) is 12.0 Å². The Morgan fingerprint density at radius 3 is 2.62 bits per heavy atom. The molecule has 1 amide bonds. The Balaban J connectivity index is 2.42. The predicted molar refractivity (Wildman–Crippen MR) is 65.5 cm³/mol. The second-order valence-corrected chi connectivity index (χ2v) is 4.44. The first-order valence-electron chi connectivity index (χ1n) is 5.86. The largest absolute Gasteiger partial charge is 0.469 e. The third-order valence-electron chi connectivity index (χ3n) is 3.16. The summed E-state index contributed by atoms with van der Waals surface area (Å²) in [6.07, 6.45) is -0.206. The van der Waals surface area contributed by atoms with Gasteiger partial charge in [-0.1, -0.05) is 0 Å². The molecule has 0 spiro atoms. The van der Waals surface area contributed by atoms with Gasteiger partial charge in [-0.25, -0.2) is 8.78 Å². The van der Waals surface area contributed by atoms with Gasteiger partial charge in [0.1, 0.15) is 5.69 Å². The Kier molecular flexibility index (Phi) is 3.83. The first-order chi connectivity index (χ1) is 9.85. The van der Waals surface area contributed by atoms with Crippen LogP contribution >= 0.6 is 0 Å². The minimum atomic E-state index is -1.39. The Morgan fingerprint density at radius 1 is 1.43 bits per heavy atom. The van der Waals surface area contributed by atoms with Gasteiger partial charge in [-0.2, -0.15) is 0 Å². The van der Waals surface area contributed by atoms with Gasteiger partial charge in [0.15, 0.2) is 11.6 Å². The molecule has 21 heavy (non-hydrogen) atoms. The standard InChI is InChI=1S/C12H10F2N2O5/c1-21-12(18)6-2-11(17)15(5-6)9-3-7(13)8(14)4-10(9)16(19)20/h3-4,6H,2,5H2,1H3. The summed E-state index contributed by atoms with van der Waals surface area (Å²) >= 11 is 0. The minimum absolute atomic E-state index is 0.183. The van der Waals surface area contributed by atoms with Gasteiger partial charge in [0.05, 0.1) is 24.0 Å². The van der Waals surface area contributed by atoms with Crippen LogP contribution in [0.2, 0.25) is 0 Å². The summed E-state index contributed by atoms with van der Waals surface area (Å²) < 4.78 is 30.9. The van der Waals surface area contributed by atoms with Gasteiger partial charge >= 0.3 is 5.97 Å². The lowest BCUT2D eigenvalue weighted by molar-refractivity contribution is -0.384. The van der Waals surface area contributed by atoms with Gasteiger partial charge in [0, 0.05) is 19.0 Å². The summed E-state index contributed by atoms with van der Waals surface area (Å²) in [7, 11) is 1.15. The van der Waals surface area contributed by atoms with Gasteiger partial charge in [-0.15, -0.1) is 0 Å². The molecule has 1 atom stereocenters. The topological polar surface area (TPSA) is 89.8 Å². The van der Waals surface area contributed by atoms with E-state index < -0.39 is 40.0 Å². The van der Waals surface area contributed by atoms with Crippen LogP contribution in [0, 0.1) is 27.7 Å². The molecule has 0 bridgehead atoms. The van der Waals surface area contributed by atoms with Gasteiger partial charge < -0.3 is 9.64 Å². The van der Waals surface area contributed by atoms with E-state index >= 15 is 0 Å². The molecule has 7 nitrogen and oxygen atoms in total. The SMILES string of the molecule is COC(=O)C1CC(=O)N(c2cc(F)c(F)cc2[N+](=O)[O-])C1. The van der Waals surface area contributed by atoms with Gasteiger partial charge in [-0.05, 0) is 0 Å². The maximum Gasteiger partial charge on any atom is 0.311 e. The number of ether oxygens (including phenoxy) is 1. The van der Waals surface area contributed by atoms with Crippen molar-refractivity contribution in [1.82, 2.24) is 0 Å². The average molecular weight is 300 g/mol. The number of nitro groups is 1. The molecule has 1 unspecified atom stereocenters. The predicted octanol–water partition coefficient (Wildman–Crippen LogP) is 1.40. The maximum atomic E-state index is 13.3. The molecule has 0 aromatic heterocycles. The van der Waals surface area contributed by atoms with E-state index in [1.165, 1.54) is 0 Å². The second kappa shape index (κ2) is 5.43. The number of anilines is 1. The van der Waals surface area contributed by atoms with E-state index in [2.05, 4.69) is 4.74 Å². The summed E-state index contributed by atoms with van der Waals surface area (Å²) in [6.45, 7) is -0.183. The highest BCUT2D eigenvalue weighted by atomic mass is 19.2. The molecule has 1 aliphatic rings. The molecular weight excluding hydrogens is 290 g/mol. The number of hydrogen-bond acceptors (Lipinski definition) is 5. The lowest BCUT2D eigenvalue weighted by Gasteiger charge is -2.16. The molecule has 1 fully saturated rings. The number of esters is 1. The number of halogens is 2. The average Bonchev–Trinajstić information content (AvgIpc) is 2.82. The smallest absolute Gasteiger partial charge is 0.311 e. The Hall–Kier alpha value is -2.58. The number of nitro benzene ring substituents is 1. The summed E-state index contributed by atoms with van der Waals surface area (Å²) in [6, 6.07) is 0.981. The highest BCUT2D eigenvalue weighted by Crippen LogP contribution is 2.34. The van der Waals surface area contributed by atoms with Crippen molar-refractivity contribution in [2.45, 2.75) is 6.42 Å². The van der Waals surface area contributed by atoms with E-state index in [1.54, 1.807) is 0 Å². The quantitative estimate of drug-likeness (QED) is 0.478. The van der Waals surface area contributed by atoms with Crippen molar-refractivity contribution < 1.29 is 28.0 Å². The first-order valence-corrected chi connectivity index (χ1v) is 5.86. The molecule has 1 saturated heterocycles. The van der Waals surface area contributed by atoms with Crippen molar-refractivity contribution in [3.8, 4) is 0 Å². The fourth-order valence-electron chi connectivity index (χ4n) is 2.15. The molecule has 0 radical (unpaired) electrons. The fraction of sp³-hybridized carbons (Fsp3) is 0.333. The molecular formula is C12H10F2N2O5. The summed E-state index contributed by atoms with van der Waals surface area (Å²) in [5.41, 5.74) is -1.12. The zero-order valence-electron chi connectivity index (χ0n) is 10.8. The van der Waals surface area contributed by atoms with Crippen LogP contribution in [0.25, 0.3) is 0 Å². The highest BCUT2D eigenvalue weighted by Gasteiger charge is 2.38. The number of carbonyl (C=O) groups excluding carboxylic acids is 2. The Labute approximate surface area is 117 Å². The number of rotatable bonds is 3. The van der Waals surface area contributed by atoms with Crippen LogP contribution in [0.3, 0.4) is 0 Å². The van der Waals surface area contributed by atoms with Gasteiger partial charge in [-0.3, -0.25) is 19.7 Å². The first kappa shape index (κ1) is 14.8. The van der Waals surface area contributed by atoms with Crippen molar-refractivity contribution in [3.05, 3.63) is 33.9 Å². The van der Waals surface area contributed by atoms with Crippen LogP contribution in [-0.4, -0.2) is 30.5 Å². The molecule has 1 aromatic rings. The van der Waals surface area contributed by atoms with Crippen LogP contribution in [0.5, 0.6) is 0 Å². The summed E-state index contributed by atoms with van der Waals surface area (Å²) in [4.78, 5) is 34.1. The van der Waals surface area contributed by atoms with Gasteiger partial charge in [0.2, 0.25) is 5.91 Å². The number of methoxy groups -OCH3 is 1.